The minimum atomic E-state index is 0.183. The quantitative estimate of drug-likeness (QED) is 0.546. The van der Waals surface area contributed by atoms with Crippen molar-refractivity contribution < 1.29 is 4.79 Å². The monoisotopic (exact) mass is 249 g/mol. The molecule has 1 N–H and O–H groups in total. The Morgan fingerprint density at radius 3 is 2.62 bits per heavy atom. The van der Waals surface area contributed by atoms with Gasteiger partial charge in [-0.15, -0.1) is 0 Å². The molecule has 0 rings (SSSR count). The second kappa shape index (κ2) is 8.54. The average molecular weight is 250 g/mol. The maximum Gasteiger partial charge on any atom is 0.220 e. The van der Waals surface area contributed by atoms with Gasteiger partial charge in [-0.3, -0.25) is 4.79 Å². The van der Waals surface area contributed by atoms with Crippen LogP contribution in [0.15, 0.2) is 0 Å². The summed E-state index contributed by atoms with van der Waals surface area (Å²) in [4.78, 5) is 11.2. The summed E-state index contributed by atoms with van der Waals surface area (Å²) in [5.41, 5.74) is 0. The zero-order valence-electron chi connectivity index (χ0n) is 8.61. The largest absolute Gasteiger partial charge is 0.353 e. The van der Waals surface area contributed by atoms with Crippen LogP contribution >= 0.6 is 15.9 Å². The highest BCUT2D eigenvalue weighted by Crippen LogP contribution is 2.02. The number of rotatable bonds is 7. The van der Waals surface area contributed by atoms with Crippen molar-refractivity contribution >= 4 is 21.8 Å². The van der Waals surface area contributed by atoms with Gasteiger partial charge in [0.15, 0.2) is 0 Å². The van der Waals surface area contributed by atoms with Crippen LogP contribution in [0, 0.1) is 0 Å². The molecule has 0 saturated carbocycles. The Morgan fingerprint density at radius 2 is 2.08 bits per heavy atom. The number of nitrogens with one attached hydrogen (secondary N) is 1. The van der Waals surface area contributed by atoms with Crippen molar-refractivity contribution in [3.05, 3.63) is 0 Å². The first kappa shape index (κ1) is 12.9. The van der Waals surface area contributed by atoms with Gasteiger partial charge in [-0.1, -0.05) is 42.1 Å². The molecule has 0 aromatic heterocycles. The molecule has 0 radical (unpaired) electrons. The summed E-state index contributed by atoms with van der Waals surface area (Å²) in [6, 6.07) is 0.249. The van der Waals surface area contributed by atoms with Crippen molar-refractivity contribution in [2.24, 2.45) is 0 Å². The molecular weight excluding hydrogens is 230 g/mol. The Bertz CT molecular complexity index is 139. The second-order valence-electron chi connectivity index (χ2n) is 3.43. The minimum absolute atomic E-state index is 0.183. The lowest BCUT2D eigenvalue weighted by atomic mass is 10.1. The highest BCUT2D eigenvalue weighted by atomic mass is 79.9. The van der Waals surface area contributed by atoms with Gasteiger partial charge >= 0.3 is 0 Å². The summed E-state index contributed by atoms with van der Waals surface area (Å²) in [6.45, 7) is 4.17. The van der Waals surface area contributed by atoms with Crippen LogP contribution in [0.3, 0.4) is 0 Å². The fraction of sp³-hybridized carbons (Fsp3) is 0.900. The van der Waals surface area contributed by atoms with E-state index in [1.165, 1.54) is 19.3 Å². The number of carbonyl (C=O) groups excluding carboxylic acids is 1. The zero-order valence-corrected chi connectivity index (χ0v) is 10.2. The van der Waals surface area contributed by atoms with E-state index in [1.807, 2.05) is 6.92 Å². The van der Waals surface area contributed by atoms with Crippen LogP contribution in [0.1, 0.15) is 46.0 Å². The maximum absolute atomic E-state index is 11.2. The molecule has 78 valence electrons. The summed E-state index contributed by atoms with van der Waals surface area (Å²) < 4.78 is 0. The third-order valence-corrected chi connectivity index (χ3v) is 2.87. The van der Waals surface area contributed by atoms with E-state index in [0.29, 0.717) is 6.42 Å². The number of hydrogen-bond donors (Lipinski definition) is 1. The lowest BCUT2D eigenvalue weighted by Crippen LogP contribution is -2.33. The molecule has 0 aliphatic rings. The smallest absolute Gasteiger partial charge is 0.220 e. The predicted octanol–water partition coefficient (Wildman–Crippen LogP) is 2.86. The number of carbonyl (C=O) groups is 1. The van der Waals surface area contributed by atoms with Gasteiger partial charge in [0.2, 0.25) is 5.91 Å². The Hall–Kier alpha value is -0.0500. The molecule has 1 amide bonds. The minimum Gasteiger partial charge on any atom is -0.353 e. The first-order chi connectivity index (χ1) is 6.20. The molecule has 0 aliphatic carbocycles. The van der Waals surface area contributed by atoms with Crippen molar-refractivity contribution in [2.75, 3.05) is 5.33 Å². The zero-order chi connectivity index (χ0) is 10.1. The Labute approximate surface area is 89.6 Å². The SMILES string of the molecule is CCCCCCC(=O)NC(C)CBr. The normalized spacial score (nSPS) is 12.5. The molecular formula is C10H20BrNO. The van der Waals surface area contributed by atoms with Gasteiger partial charge in [-0.2, -0.15) is 0 Å². The van der Waals surface area contributed by atoms with Gasteiger partial charge in [0, 0.05) is 17.8 Å². The van der Waals surface area contributed by atoms with E-state index in [0.717, 1.165) is 11.8 Å². The molecule has 0 aromatic rings. The van der Waals surface area contributed by atoms with Crippen molar-refractivity contribution in [3.63, 3.8) is 0 Å². The van der Waals surface area contributed by atoms with E-state index in [1.54, 1.807) is 0 Å². The highest BCUT2D eigenvalue weighted by molar-refractivity contribution is 9.09. The average Bonchev–Trinajstić information content (AvgIpc) is 2.12. The van der Waals surface area contributed by atoms with E-state index in [-0.39, 0.29) is 11.9 Å². The van der Waals surface area contributed by atoms with E-state index < -0.39 is 0 Å². The van der Waals surface area contributed by atoms with Crippen molar-refractivity contribution in [1.82, 2.24) is 5.32 Å². The summed E-state index contributed by atoms with van der Waals surface area (Å²) in [7, 11) is 0. The van der Waals surface area contributed by atoms with Crippen molar-refractivity contribution in [2.45, 2.75) is 52.0 Å². The van der Waals surface area contributed by atoms with Crippen LogP contribution in [-0.4, -0.2) is 17.3 Å². The Balaban J connectivity index is 3.30. The van der Waals surface area contributed by atoms with E-state index in [4.69, 9.17) is 0 Å². The second-order valence-corrected chi connectivity index (χ2v) is 4.08. The molecule has 3 heteroatoms. The molecule has 0 aliphatic heterocycles. The highest BCUT2D eigenvalue weighted by Gasteiger charge is 2.04. The fourth-order valence-electron chi connectivity index (χ4n) is 1.10. The molecule has 0 saturated heterocycles. The lowest BCUT2D eigenvalue weighted by molar-refractivity contribution is -0.121. The van der Waals surface area contributed by atoms with Crippen LogP contribution in [0.25, 0.3) is 0 Å². The summed E-state index contributed by atoms with van der Waals surface area (Å²) >= 11 is 3.32. The van der Waals surface area contributed by atoms with Crippen LogP contribution < -0.4 is 5.32 Å². The van der Waals surface area contributed by atoms with Crippen molar-refractivity contribution in [3.8, 4) is 0 Å². The summed E-state index contributed by atoms with van der Waals surface area (Å²) in [6.07, 6.45) is 5.33. The third-order valence-electron chi connectivity index (χ3n) is 1.90. The van der Waals surface area contributed by atoms with Crippen LogP contribution in [0.5, 0.6) is 0 Å². The molecule has 1 atom stereocenters. The topological polar surface area (TPSA) is 29.1 Å². The Morgan fingerprint density at radius 1 is 1.38 bits per heavy atom. The van der Waals surface area contributed by atoms with E-state index in [2.05, 4.69) is 28.2 Å². The van der Waals surface area contributed by atoms with Crippen molar-refractivity contribution in [1.29, 1.82) is 0 Å². The molecule has 1 unspecified atom stereocenters. The number of alkyl halides is 1. The summed E-state index contributed by atoms with van der Waals surface area (Å²) in [5, 5.41) is 3.75. The maximum atomic E-state index is 11.2. The molecule has 0 heterocycles. The van der Waals surface area contributed by atoms with Gasteiger partial charge in [0.25, 0.3) is 0 Å². The predicted molar refractivity (Wildman–Crippen MR) is 60.2 cm³/mol. The number of halogens is 1. The van der Waals surface area contributed by atoms with Gasteiger partial charge in [0.05, 0.1) is 0 Å². The molecule has 0 fully saturated rings. The van der Waals surface area contributed by atoms with Gasteiger partial charge in [-0.05, 0) is 13.3 Å². The standard InChI is InChI=1S/C10H20BrNO/c1-3-4-5-6-7-10(13)12-9(2)8-11/h9H,3-8H2,1-2H3,(H,12,13). The molecule has 0 aromatic carbocycles. The van der Waals surface area contributed by atoms with Gasteiger partial charge in [-0.25, -0.2) is 0 Å². The van der Waals surface area contributed by atoms with Crippen LogP contribution in [0.4, 0.5) is 0 Å². The lowest BCUT2D eigenvalue weighted by Gasteiger charge is -2.09. The van der Waals surface area contributed by atoms with Crippen LogP contribution in [0.2, 0.25) is 0 Å². The molecule has 0 bridgehead atoms. The summed E-state index contributed by atoms with van der Waals surface area (Å²) in [5.74, 6) is 0.183. The first-order valence-electron chi connectivity index (χ1n) is 5.06. The number of amides is 1. The van der Waals surface area contributed by atoms with Gasteiger partial charge in [0.1, 0.15) is 0 Å². The molecule has 0 spiro atoms. The third kappa shape index (κ3) is 8.28. The Kier molecular flexibility index (Phi) is 8.51. The molecule has 2 nitrogen and oxygen atoms in total. The first-order valence-corrected chi connectivity index (χ1v) is 6.18. The van der Waals surface area contributed by atoms with Crippen LogP contribution in [-0.2, 0) is 4.79 Å². The van der Waals surface area contributed by atoms with Gasteiger partial charge < -0.3 is 5.32 Å². The van der Waals surface area contributed by atoms with E-state index in [9.17, 15) is 4.79 Å². The fourth-order valence-corrected chi connectivity index (χ4v) is 1.26. The number of hydrogen-bond acceptors (Lipinski definition) is 1. The van der Waals surface area contributed by atoms with E-state index >= 15 is 0 Å². The number of unbranched alkanes of at least 4 members (excludes halogenated alkanes) is 3. The molecule has 13 heavy (non-hydrogen) atoms.